The van der Waals surface area contributed by atoms with E-state index in [9.17, 15) is 18.0 Å². The van der Waals surface area contributed by atoms with E-state index in [1.54, 1.807) is 24.1 Å². The van der Waals surface area contributed by atoms with Crippen LogP contribution in [-0.4, -0.2) is 66.7 Å². The molecule has 9 nitrogen and oxygen atoms in total. The average molecular weight is 492 g/mol. The molecule has 0 radical (unpaired) electrons. The minimum Gasteiger partial charge on any atom is -0.383 e. The number of thiophene rings is 1. The number of rotatable bonds is 6. The first-order valence-corrected chi connectivity index (χ1v) is 13.4. The summed E-state index contributed by atoms with van der Waals surface area (Å²) in [6, 6.07) is 3.62. The Morgan fingerprint density at radius 1 is 1.24 bits per heavy atom. The Balaban J connectivity index is 1.43. The predicted octanol–water partition coefficient (Wildman–Crippen LogP) is 1.98. The number of aryl methyl sites for hydroxylation is 1. The predicted molar refractivity (Wildman–Crippen MR) is 127 cm³/mol. The van der Waals surface area contributed by atoms with Crippen LogP contribution in [0.3, 0.4) is 0 Å². The van der Waals surface area contributed by atoms with Crippen molar-refractivity contribution in [3.8, 4) is 10.4 Å². The van der Waals surface area contributed by atoms with Gasteiger partial charge in [0, 0.05) is 36.3 Å². The van der Waals surface area contributed by atoms with Gasteiger partial charge in [-0.25, -0.2) is 13.4 Å². The van der Waals surface area contributed by atoms with Gasteiger partial charge in [-0.1, -0.05) is 0 Å². The smallest absolute Gasteiger partial charge is 0.250 e. The number of piperidine rings is 1. The second-order valence-corrected chi connectivity index (χ2v) is 11.6. The van der Waals surface area contributed by atoms with Crippen LogP contribution in [0.2, 0.25) is 0 Å². The van der Waals surface area contributed by atoms with Crippen molar-refractivity contribution in [2.45, 2.75) is 55.8 Å². The van der Waals surface area contributed by atoms with Gasteiger partial charge in [0.25, 0.3) is 10.0 Å². The maximum absolute atomic E-state index is 13.0. The SMILES string of the molecule is Cc1cc(-c2ccc(S(=O)(=O)N[C@H]3CCN([C@@H](C)C(=O)N4CCCCC4)C3=O)s2)cnc1N. The summed E-state index contributed by atoms with van der Waals surface area (Å²) in [6.07, 6.45) is 5.00. The third-order valence-corrected chi connectivity index (χ3v) is 9.38. The lowest BCUT2D eigenvalue weighted by Gasteiger charge is -2.32. The Morgan fingerprint density at radius 2 is 1.97 bits per heavy atom. The third kappa shape index (κ3) is 4.90. The van der Waals surface area contributed by atoms with Crippen molar-refractivity contribution in [1.82, 2.24) is 19.5 Å². The average Bonchev–Trinajstić information content (AvgIpc) is 3.43. The summed E-state index contributed by atoms with van der Waals surface area (Å²) < 4.78 is 28.6. The summed E-state index contributed by atoms with van der Waals surface area (Å²) in [5.74, 6) is 0.00976. The number of nitrogens with zero attached hydrogens (tertiary/aromatic N) is 3. The quantitative estimate of drug-likeness (QED) is 0.636. The number of hydrogen-bond acceptors (Lipinski definition) is 7. The molecule has 0 unspecified atom stereocenters. The summed E-state index contributed by atoms with van der Waals surface area (Å²) >= 11 is 1.11. The molecular formula is C22H29N5O4S2. The standard InChI is InChI=1S/C22H29N5O4S2/c1-14-12-16(13-24-20(14)23)18-6-7-19(32-18)33(30,31)25-17-8-11-27(22(17)29)15(2)21(28)26-9-4-3-5-10-26/h6-7,12-13,15,17,25H,3-5,8-11H2,1-2H3,(H2,23,24)/t15-,17-/m0/s1. The van der Waals surface area contributed by atoms with E-state index in [-0.39, 0.29) is 16.0 Å². The van der Waals surface area contributed by atoms with Crippen LogP contribution >= 0.6 is 11.3 Å². The Morgan fingerprint density at radius 3 is 2.67 bits per heavy atom. The fourth-order valence-corrected chi connectivity index (χ4v) is 6.82. The van der Waals surface area contributed by atoms with Gasteiger partial charge in [0.05, 0.1) is 0 Å². The van der Waals surface area contributed by atoms with Crippen LogP contribution in [0.1, 0.15) is 38.2 Å². The molecule has 33 heavy (non-hydrogen) atoms. The van der Waals surface area contributed by atoms with Gasteiger partial charge >= 0.3 is 0 Å². The summed E-state index contributed by atoms with van der Waals surface area (Å²) in [6.45, 7) is 5.34. The monoisotopic (exact) mass is 491 g/mol. The minimum absolute atomic E-state index is 0.0677. The highest BCUT2D eigenvalue weighted by Gasteiger charge is 2.40. The molecule has 0 saturated carbocycles. The molecule has 2 amide bonds. The summed E-state index contributed by atoms with van der Waals surface area (Å²) in [5.41, 5.74) is 7.36. The molecule has 2 aromatic rings. The molecule has 0 aromatic carbocycles. The zero-order valence-electron chi connectivity index (χ0n) is 18.8. The van der Waals surface area contributed by atoms with Crippen molar-refractivity contribution in [2.24, 2.45) is 0 Å². The lowest BCUT2D eigenvalue weighted by Crippen LogP contribution is -2.51. The van der Waals surface area contributed by atoms with Crippen molar-refractivity contribution in [3.05, 3.63) is 30.0 Å². The fourth-order valence-electron chi connectivity index (χ4n) is 4.29. The molecule has 0 aliphatic carbocycles. The minimum atomic E-state index is -3.89. The number of carbonyl (C=O) groups is 2. The van der Waals surface area contributed by atoms with Gasteiger partial charge in [0.2, 0.25) is 11.8 Å². The van der Waals surface area contributed by atoms with Crippen molar-refractivity contribution in [3.63, 3.8) is 0 Å². The van der Waals surface area contributed by atoms with E-state index < -0.39 is 22.1 Å². The maximum Gasteiger partial charge on any atom is 0.250 e. The largest absolute Gasteiger partial charge is 0.383 e. The molecule has 0 spiro atoms. The van der Waals surface area contributed by atoms with Gasteiger partial charge in [0.1, 0.15) is 22.1 Å². The van der Waals surface area contributed by atoms with E-state index in [0.29, 0.717) is 31.9 Å². The number of hydrogen-bond donors (Lipinski definition) is 2. The molecular weight excluding hydrogens is 462 g/mol. The molecule has 4 rings (SSSR count). The molecule has 178 valence electrons. The van der Waals surface area contributed by atoms with Crippen molar-refractivity contribution < 1.29 is 18.0 Å². The summed E-state index contributed by atoms with van der Waals surface area (Å²) in [5, 5.41) is 0. The number of amides is 2. The van der Waals surface area contributed by atoms with Crippen LogP contribution < -0.4 is 10.5 Å². The van der Waals surface area contributed by atoms with Gasteiger partial charge in [-0.3, -0.25) is 9.59 Å². The van der Waals surface area contributed by atoms with Crippen LogP contribution in [0.5, 0.6) is 0 Å². The van der Waals surface area contributed by atoms with Crippen molar-refractivity contribution >= 4 is 39.0 Å². The van der Waals surface area contributed by atoms with Crippen LogP contribution in [0.25, 0.3) is 10.4 Å². The zero-order chi connectivity index (χ0) is 23.8. The second kappa shape index (κ2) is 9.40. The van der Waals surface area contributed by atoms with Crippen LogP contribution in [-0.2, 0) is 19.6 Å². The van der Waals surface area contributed by atoms with E-state index in [1.165, 1.54) is 11.0 Å². The normalized spacial score (nSPS) is 20.3. The molecule has 2 aliphatic heterocycles. The van der Waals surface area contributed by atoms with Gasteiger partial charge in [-0.2, -0.15) is 4.72 Å². The molecule has 2 aliphatic rings. The zero-order valence-corrected chi connectivity index (χ0v) is 20.4. The first-order chi connectivity index (χ1) is 15.7. The molecule has 2 saturated heterocycles. The molecule has 2 aromatic heterocycles. The Labute approximate surface area is 198 Å². The van der Waals surface area contributed by atoms with E-state index in [2.05, 4.69) is 9.71 Å². The summed E-state index contributed by atoms with van der Waals surface area (Å²) in [4.78, 5) is 33.9. The third-order valence-electron chi connectivity index (χ3n) is 6.28. The molecule has 0 bridgehead atoms. The van der Waals surface area contributed by atoms with E-state index in [4.69, 9.17) is 5.73 Å². The number of nitrogens with one attached hydrogen (secondary N) is 1. The molecule has 11 heteroatoms. The molecule has 3 N–H and O–H groups in total. The fraction of sp³-hybridized carbons (Fsp3) is 0.500. The van der Waals surface area contributed by atoms with Gasteiger partial charge in [-0.05, 0) is 63.3 Å². The van der Waals surface area contributed by atoms with Crippen LogP contribution in [0.4, 0.5) is 5.82 Å². The number of carbonyl (C=O) groups excluding carboxylic acids is 2. The first-order valence-electron chi connectivity index (χ1n) is 11.1. The number of aromatic nitrogens is 1. The topological polar surface area (TPSA) is 126 Å². The van der Waals surface area contributed by atoms with E-state index in [0.717, 1.165) is 46.6 Å². The maximum atomic E-state index is 13.0. The lowest BCUT2D eigenvalue weighted by atomic mass is 10.1. The lowest BCUT2D eigenvalue weighted by molar-refractivity contribution is -0.143. The van der Waals surface area contributed by atoms with Gasteiger partial charge in [-0.15, -0.1) is 11.3 Å². The van der Waals surface area contributed by atoms with Gasteiger partial charge in [0.15, 0.2) is 0 Å². The number of nitrogen functional groups attached to an aromatic ring is 1. The summed E-state index contributed by atoms with van der Waals surface area (Å²) in [7, 11) is -3.89. The van der Waals surface area contributed by atoms with E-state index >= 15 is 0 Å². The molecule has 2 fully saturated rings. The highest BCUT2D eigenvalue weighted by Crippen LogP contribution is 2.32. The van der Waals surface area contributed by atoms with Gasteiger partial charge < -0.3 is 15.5 Å². The Kier molecular flexibility index (Phi) is 6.73. The highest BCUT2D eigenvalue weighted by atomic mass is 32.2. The number of likely N-dealkylation sites (tertiary alicyclic amines) is 2. The Hall–Kier alpha value is -2.50. The van der Waals surface area contributed by atoms with Crippen molar-refractivity contribution in [1.29, 1.82) is 0 Å². The second-order valence-electron chi connectivity index (χ2n) is 8.60. The molecule has 2 atom stereocenters. The number of anilines is 1. The number of nitrogens with two attached hydrogens (primary N) is 1. The molecule has 4 heterocycles. The van der Waals surface area contributed by atoms with Crippen molar-refractivity contribution in [2.75, 3.05) is 25.4 Å². The first kappa shape index (κ1) is 23.7. The number of pyridine rings is 1. The van der Waals surface area contributed by atoms with Crippen LogP contribution in [0, 0.1) is 6.92 Å². The highest BCUT2D eigenvalue weighted by molar-refractivity contribution is 7.91. The van der Waals surface area contributed by atoms with Crippen LogP contribution in [0.15, 0.2) is 28.6 Å². The number of sulfonamides is 1. The Bertz CT molecular complexity index is 1160. The van der Waals surface area contributed by atoms with E-state index in [1.807, 2.05) is 13.0 Å².